The second-order valence-electron chi connectivity index (χ2n) is 10.1. The molecule has 3 rings (SSSR count). The van der Waals surface area contributed by atoms with Crippen molar-refractivity contribution in [2.24, 2.45) is 0 Å². The van der Waals surface area contributed by atoms with E-state index in [4.69, 9.17) is 4.74 Å². The molecule has 2 heterocycles. The summed E-state index contributed by atoms with van der Waals surface area (Å²) in [5.74, 6) is -0.377. The lowest BCUT2D eigenvalue weighted by atomic mass is 10.1. The highest BCUT2D eigenvalue weighted by molar-refractivity contribution is 9.10. The Morgan fingerprint density at radius 2 is 1.86 bits per heavy atom. The predicted octanol–water partition coefficient (Wildman–Crippen LogP) is 5.77. The highest BCUT2D eigenvalue weighted by Gasteiger charge is 2.29. The molecule has 0 unspecified atom stereocenters. The Hall–Kier alpha value is -1.98. The fourth-order valence-corrected chi connectivity index (χ4v) is 4.91. The van der Waals surface area contributed by atoms with E-state index in [0.717, 1.165) is 18.0 Å². The smallest absolute Gasteiger partial charge is 0.264 e. The molecule has 1 aromatic heterocycles. The summed E-state index contributed by atoms with van der Waals surface area (Å²) in [6.07, 6.45) is 4.60. The normalized spacial score (nSPS) is 19.5. The number of anilines is 2. The van der Waals surface area contributed by atoms with E-state index in [1.54, 1.807) is 0 Å². The van der Waals surface area contributed by atoms with E-state index in [1.807, 2.05) is 11.9 Å². The number of hydrogen-bond donors (Lipinski definition) is 1. The number of aromatic nitrogens is 1. The van der Waals surface area contributed by atoms with Crippen LogP contribution in [0.3, 0.4) is 0 Å². The summed E-state index contributed by atoms with van der Waals surface area (Å²) in [5, 5.41) is 2.71. The molecule has 0 radical (unpaired) electrons. The topological polar surface area (TPSA) is 57.7 Å². The lowest BCUT2D eigenvalue weighted by Gasteiger charge is -2.44. The van der Waals surface area contributed by atoms with Gasteiger partial charge in [-0.15, -0.1) is 0 Å². The second kappa shape index (κ2) is 11.6. The van der Waals surface area contributed by atoms with Crippen molar-refractivity contribution in [3.63, 3.8) is 0 Å². The second-order valence-corrected chi connectivity index (χ2v) is 15.5. The minimum Gasteiger partial charge on any atom is -0.477 e. The molecular weight excluding hydrogens is 557 g/mol. The Kier molecular flexibility index (Phi) is 9.21. The maximum absolute atomic E-state index is 14.5. The Labute approximate surface area is 221 Å². The van der Waals surface area contributed by atoms with Gasteiger partial charge in [0.15, 0.2) is 0 Å². The zero-order valence-corrected chi connectivity index (χ0v) is 23.9. The summed E-state index contributed by atoms with van der Waals surface area (Å²) < 4.78 is 48.0. The monoisotopic (exact) mass is 590 g/mol. The number of amides is 1. The molecular formula is C25H34BrF3N4O2S. The van der Waals surface area contributed by atoms with E-state index < -0.39 is 33.7 Å². The first-order valence-corrected chi connectivity index (χ1v) is 15.4. The predicted molar refractivity (Wildman–Crippen MR) is 146 cm³/mol. The summed E-state index contributed by atoms with van der Waals surface area (Å²) in [6.45, 7) is 5.75. The third-order valence-electron chi connectivity index (χ3n) is 6.32. The first-order chi connectivity index (χ1) is 16.8. The molecule has 1 amide bonds. The maximum atomic E-state index is 14.5. The van der Waals surface area contributed by atoms with E-state index in [2.05, 4.69) is 63.7 Å². The molecule has 1 aromatic carbocycles. The Balaban J connectivity index is 1.87. The maximum Gasteiger partial charge on any atom is 0.264 e. The van der Waals surface area contributed by atoms with Crippen LogP contribution in [0.1, 0.15) is 36.2 Å². The Morgan fingerprint density at radius 1 is 1.22 bits per heavy atom. The molecule has 6 nitrogen and oxygen atoms in total. The van der Waals surface area contributed by atoms with Gasteiger partial charge in [-0.1, -0.05) is 0 Å². The van der Waals surface area contributed by atoms with Gasteiger partial charge < -0.3 is 15.0 Å². The molecule has 200 valence electrons. The van der Waals surface area contributed by atoms with Crippen LogP contribution in [0.2, 0.25) is 0 Å². The van der Waals surface area contributed by atoms with Gasteiger partial charge in [0.25, 0.3) is 12.3 Å². The number of halogens is 4. The number of hydrogen-bond acceptors (Lipinski definition) is 5. The summed E-state index contributed by atoms with van der Waals surface area (Å²) in [5.41, 5.74) is 0.0912. The summed E-state index contributed by atoms with van der Waals surface area (Å²) in [4.78, 5) is 21.5. The van der Waals surface area contributed by atoms with Gasteiger partial charge in [0.05, 0.1) is 28.0 Å². The van der Waals surface area contributed by atoms with E-state index in [-0.39, 0.29) is 28.0 Å². The number of carbonyl (C=O) groups is 1. The highest BCUT2D eigenvalue weighted by atomic mass is 79.9. The molecule has 0 bridgehead atoms. The molecule has 1 N–H and O–H groups in total. The zero-order valence-electron chi connectivity index (χ0n) is 21.4. The molecule has 0 aliphatic carbocycles. The van der Waals surface area contributed by atoms with Crippen molar-refractivity contribution in [3.8, 4) is 5.88 Å². The van der Waals surface area contributed by atoms with Gasteiger partial charge in [0.1, 0.15) is 5.82 Å². The van der Waals surface area contributed by atoms with Gasteiger partial charge in [-0.05, 0) is 61.7 Å². The Morgan fingerprint density at radius 3 is 2.44 bits per heavy atom. The number of benzene rings is 1. The van der Waals surface area contributed by atoms with Crippen LogP contribution in [0.5, 0.6) is 5.88 Å². The molecule has 0 spiro atoms. The number of pyridine rings is 1. The molecule has 11 heteroatoms. The first kappa shape index (κ1) is 28.6. The average Bonchev–Trinajstić information content (AvgIpc) is 2.78. The van der Waals surface area contributed by atoms with E-state index >= 15 is 0 Å². The van der Waals surface area contributed by atoms with Crippen molar-refractivity contribution in [2.45, 2.75) is 32.4 Å². The number of alkyl halides is 2. The lowest BCUT2D eigenvalue weighted by Crippen LogP contribution is -2.55. The first-order valence-electron chi connectivity index (χ1n) is 11.6. The van der Waals surface area contributed by atoms with Gasteiger partial charge in [-0.25, -0.2) is 28.2 Å². The van der Waals surface area contributed by atoms with E-state index in [0.29, 0.717) is 31.1 Å². The number of nitrogens with zero attached hydrogens (tertiary/aromatic N) is 3. The average molecular weight is 592 g/mol. The van der Waals surface area contributed by atoms with E-state index in [1.165, 1.54) is 12.1 Å². The van der Waals surface area contributed by atoms with Crippen molar-refractivity contribution >= 4 is 43.2 Å². The Bertz CT molecular complexity index is 1090. The minimum atomic E-state index is -2.90. The third kappa shape index (κ3) is 7.07. The van der Waals surface area contributed by atoms with Crippen molar-refractivity contribution in [1.29, 1.82) is 0 Å². The number of rotatable bonds is 8. The van der Waals surface area contributed by atoms with Gasteiger partial charge in [-0.3, -0.25) is 9.69 Å². The summed E-state index contributed by atoms with van der Waals surface area (Å²) >= 11 is 3.17. The SMILES string of the molecule is C[C@@H]1CN(c2cc(F)c(Br)cc2NC(=O)c2cnc(OCCS(C)(C)C)cc2C(F)F)C[C@H](C)N1C. The van der Waals surface area contributed by atoms with Crippen molar-refractivity contribution < 1.29 is 22.7 Å². The molecule has 1 fully saturated rings. The van der Waals surface area contributed by atoms with Crippen LogP contribution in [0.4, 0.5) is 24.5 Å². The molecule has 1 saturated heterocycles. The zero-order chi connectivity index (χ0) is 26.8. The van der Waals surface area contributed by atoms with Crippen LogP contribution >= 0.6 is 26.0 Å². The summed E-state index contributed by atoms with van der Waals surface area (Å²) in [7, 11) is 1.23. The van der Waals surface area contributed by atoms with Gasteiger partial charge in [0, 0.05) is 54.8 Å². The number of likely N-dealkylation sites (N-methyl/N-ethyl adjacent to an activating group) is 1. The number of piperazine rings is 1. The van der Waals surface area contributed by atoms with Crippen LogP contribution in [0, 0.1) is 5.82 Å². The lowest BCUT2D eigenvalue weighted by molar-refractivity contribution is 0.101. The van der Waals surface area contributed by atoms with Gasteiger partial charge in [0.2, 0.25) is 5.88 Å². The number of carbonyl (C=O) groups excluding carboxylic acids is 1. The molecule has 1 aliphatic rings. The quantitative estimate of drug-likeness (QED) is 0.422. The number of ether oxygens (including phenoxy) is 1. The fourth-order valence-electron chi connectivity index (χ4n) is 3.99. The molecule has 1 aliphatic heterocycles. The van der Waals surface area contributed by atoms with Crippen LogP contribution in [0.15, 0.2) is 28.9 Å². The van der Waals surface area contributed by atoms with Crippen molar-refractivity contribution in [2.75, 3.05) is 61.5 Å². The van der Waals surface area contributed by atoms with Gasteiger partial charge >= 0.3 is 0 Å². The van der Waals surface area contributed by atoms with Crippen LogP contribution in [-0.2, 0) is 0 Å². The van der Waals surface area contributed by atoms with Crippen LogP contribution in [-0.4, -0.2) is 79.1 Å². The fraction of sp³-hybridized carbons (Fsp3) is 0.520. The minimum absolute atomic E-state index is 0.0520. The molecule has 36 heavy (non-hydrogen) atoms. The van der Waals surface area contributed by atoms with Crippen LogP contribution in [0.25, 0.3) is 0 Å². The molecule has 2 aromatic rings. The molecule has 2 atom stereocenters. The van der Waals surface area contributed by atoms with Crippen LogP contribution < -0.4 is 15.0 Å². The summed E-state index contributed by atoms with van der Waals surface area (Å²) in [6, 6.07) is 4.32. The van der Waals surface area contributed by atoms with Crippen molar-refractivity contribution in [3.05, 3.63) is 45.8 Å². The van der Waals surface area contributed by atoms with Crippen molar-refractivity contribution in [1.82, 2.24) is 9.88 Å². The third-order valence-corrected chi connectivity index (χ3v) is 8.32. The van der Waals surface area contributed by atoms with E-state index in [9.17, 15) is 18.0 Å². The molecule has 0 saturated carbocycles. The highest BCUT2D eigenvalue weighted by Crippen LogP contribution is 2.36. The standard InChI is InChI=1S/C25H34BrF3N4O2S/c1-15-13-33(14-16(2)32(15)3)22-11-20(27)19(26)10-21(22)31-25(34)18-12-30-23(9-17(18)24(28)29)35-7-8-36(4,5)6/h9-12,15-16,24H,7-8,13-14H2,1-6H3,(H,31,34)/t15-,16+. The number of nitrogens with one attached hydrogen (secondary N) is 1. The van der Waals surface area contributed by atoms with Gasteiger partial charge in [-0.2, -0.15) is 0 Å². The largest absolute Gasteiger partial charge is 0.477 e.